The smallest absolute Gasteiger partial charge is 0.222 e. The Morgan fingerprint density at radius 2 is 1.73 bits per heavy atom. The van der Waals surface area contributed by atoms with E-state index in [4.69, 9.17) is 4.74 Å². The number of benzene rings is 1. The molecule has 1 spiro atoms. The molecule has 1 saturated carbocycles. The molecule has 3 N–H and O–H groups in total. The molecule has 3 aliphatic rings. The van der Waals surface area contributed by atoms with Gasteiger partial charge < -0.3 is 20.1 Å². The van der Waals surface area contributed by atoms with Gasteiger partial charge in [0.05, 0.1) is 18.1 Å². The van der Waals surface area contributed by atoms with Crippen LogP contribution in [-0.4, -0.2) is 71.8 Å². The van der Waals surface area contributed by atoms with Crippen LogP contribution < -0.4 is 15.5 Å². The van der Waals surface area contributed by atoms with Crippen LogP contribution in [0.1, 0.15) is 44.1 Å². The Balaban J connectivity index is 1.25. The van der Waals surface area contributed by atoms with Gasteiger partial charge in [-0.05, 0) is 58.2 Å². The molecule has 0 amide bonds. The van der Waals surface area contributed by atoms with Crippen molar-refractivity contribution in [2.24, 2.45) is 0 Å². The number of rotatable bonds is 5. The first-order valence-corrected chi connectivity index (χ1v) is 12.1. The lowest BCUT2D eigenvalue weighted by molar-refractivity contribution is 0.0513. The van der Waals surface area contributed by atoms with Gasteiger partial charge in [0.15, 0.2) is 6.35 Å². The van der Waals surface area contributed by atoms with E-state index in [9.17, 15) is 5.11 Å². The molecule has 1 aromatic heterocycles. The SMILES string of the molecule is CN(C)[C@]1(c2ccccc2)CC[C@]2(CC1)CN(c1cnc(NC3CCOCC3)nc1)C(O)N2. The Morgan fingerprint density at radius 1 is 1.06 bits per heavy atom. The van der Waals surface area contributed by atoms with E-state index < -0.39 is 6.35 Å². The summed E-state index contributed by atoms with van der Waals surface area (Å²) in [6.07, 6.45) is 8.93. The molecule has 33 heavy (non-hydrogen) atoms. The minimum Gasteiger partial charge on any atom is -0.381 e. The van der Waals surface area contributed by atoms with E-state index in [1.165, 1.54) is 5.56 Å². The maximum atomic E-state index is 10.9. The minimum atomic E-state index is -0.730. The van der Waals surface area contributed by atoms with E-state index in [0.717, 1.165) is 64.0 Å². The largest absolute Gasteiger partial charge is 0.381 e. The first-order valence-electron chi connectivity index (χ1n) is 12.1. The summed E-state index contributed by atoms with van der Waals surface area (Å²) in [4.78, 5) is 13.4. The molecular formula is C25H36N6O2. The Kier molecular flexibility index (Phi) is 6.26. The molecule has 2 aliphatic heterocycles. The number of nitrogens with zero attached hydrogens (tertiary/aromatic N) is 4. The highest BCUT2D eigenvalue weighted by atomic mass is 16.5. The predicted molar refractivity (Wildman–Crippen MR) is 129 cm³/mol. The van der Waals surface area contributed by atoms with Crippen LogP contribution in [0.15, 0.2) is 42.7 Å². The van der Waals surface area contributed by atoms with E-state index in [2.05, 4.69) is 69.9 Å². The zero-order valence-electron chi connectivity index (χ0n) is 19.7. The summed E-state index contributed by atoms with van der Waals surface area (Å²) in [5, 5.41) is 17.8. The number of hydrogen-bond acceptors (Lipinski definition) is 8. The third-order valence-corrected chi connectivity index (χ3v) is 7.93. The molecule has 2 aromatic rings. The summed E-state index contributed by atoms with van der Waals surface area (Å²) in [6, 6.07) is 11.2. The molecule has 1 atom stereocenters. The number of anilines is 2. The first kappa shape index (κ1) is 22.5. The standard InChI is InChI=1S/C25H36N6O2/c1-30(2)25(19-6-4-3-5-7-19)12-10-24(11-13-25)18-31(23(32)29-24)21-16-26-22(27-17-21)28-20-8-14-33-15-9-20/h3-7,16-17,20,23,29,32H,8-15,18H2,1-2H3,(H,26,27,28)/t23?,24-,25+. The molecule has 2 saturated heterocycles. The molecule has 1 unspecified atom stereocenters. The van der Waals surface area contributed by atoms with Crippen LogP contribution in [0.25, 0.3) is 0 Å². The van der Waals surface area contributed by atoms with E-state index in [0.29, 0.717) is 12.0 Å². The Bertz CT molecular complexity index is 908. The fourth-order valence-corrected chi connectivity index (χ4v) is 5.80. The van der Waals surface area contributed by atoms with Crippen LogP contribution in [-0.2, 0) is 10.3 Å². The van der Waals surface area contributed by atoms with Gasteiger partial charge in [0, 0.05) is 36.9 Å². The fourth-order valence-electron chi connectivity index (χ4n) is 5.80. The van der Waals surface area contributed by atoms with Crippen molar-refractivity contribution in [1.29, 1.82) is 0 Å². The number of nitrogens with one attached hydrogen (secondary N) is 2. The first-order chi connectivity index (χ1) is 16.0. The van der Waals surface area contributed by atoms with Crippen molar-refractivity contribution >= 4 is 11.6 Å². The lowest BCUT2D eigenvalue weighted by Gasteiger charge is -2.49. The third-order valence-electron chi connectivity index (χ3n) is 7.93. The normalized spacial score (nSPS) is 30.8. The van der Waals surface area contributed by atoms with E-state index in [1.807, 2.05) is 17.3 Å². The summed E-state index contributed by atoms with van der Waals surface area (Å²) >= 11 is 0. The Labute approximate surface area is 196 Å². The van der Waals surface area contributed by atoms with E-state index in [-0.39, 0.29) is 11.1 Å². The van der Waals surface area contributed by atoms with Crippen LogP contribution >= 0.6 is 0 Å². The molecule has 8 heteroatoms. The van der Waals surface area contributed by atoms with Gasteiger partial charge in [-0.15, -0.1) is 0 Å². The van der Waals surface area contributed by atoms with Gasteiger partial charge in [-0.3, -0.25) is 10.2 Å². The summed E-state index contributed by atoms with van der Waals surface area (Å²) < 4.78 is 5.42. The Hall–Kier alpha value is -2.26. The minimum absolute atomic E-state index is 0.0349. The summed E-state index contributed by atoms with van der Waals surface area (Å²) in [5.41, 5.74) is 2.15. The zero-order valence-corrected chi connectivity index (χ0v) is 19.7. The second kappa shape index (κ2) is 9.18. The molecule has 1 aliphatic carbocycles. The van der Waals surface area contributed by atoms with Crippen LogP contribution in [0.2, 0.25) is 0 Å². The quantitative estimate of drug-likeness (QED) is 0.638. The second-order valence-electron chi connectivity index (χ2n) is 10.0. The summed E-state index contributed by atoms with van der Waals surface area (Å²) in [7, 11) is 4.36. The number of aliphatic hydroxyl groups excluding tert-OH is 1. The van der Waals surface area contributed by atoms with Crippen molar-refractivity contribution < 1.29 is 9.84 Å². The van der Waals surface area contributed by atoms with E-state index in [1.54, 1.807) is 0 Å². The van der Waals surface area contributed by atoms with Crippen molar-refractivity contribution in [2.75, 3.05) is 44.1 Å². The molecule has 178 valence electrons. The van der Waals surface area contributed by atoms with Gasteiger partial charge in [-0.1, -0.05) is 30.3 Å². The lowest BCUT2D eigenvalue weighted by Crippen LogP contribution is -2.54. The highest BCUT2D eigenvalue weighted by molar-refractivity contribution is 5.47. The molecule has 3 heterocycles. The summed E-state index contributed by atoms with van der Waals surface area (Å²) in [6.45, 7) is 2.31. The van der Waals surface area contributed by atoms with Crippen molar-refractivity contribution in [2.45, 2.75) is 62.0 Å². The third kappa shape index (κ3) is 4.45. The van der Waals surface area contributed by atoms with Gasteiger partial charge in [0.1, 0.15) is 0 Å². The molecule has 3 fully saturated rings. The van der Waals surface area contributed by atoms with Crippen molar-refractivity contribution in [1.82, 2.24) is 20.2 Å². The average Bonchev–Trinajstić information content (AvgIpc) is 3.17. The maximum Gasteiger partial charge on any atom is 0.222 e. The molecule has 5 rings (SSSR count). The summed E-state index contributed by atoms with van der Waals surface area (Å²) in [5.74, 6) is 0.637. The molecule has 1 aromatic carbocycles. The van der Waals surface area contributed by atoms with Crippen molar-refractivity contribution in [3.63, 3.8) is 0 Å². The zero-order chi connectivity index (χ0) is 22.9. The van der Waals surface area contributed by atoms with Gasteiger partial charge >= 0.3 is 0 Å². The highest BCUT2D eigenvalue weighted by Gasteiger charge is 2.50. The monoisotopic (exact) mass is 452 g/mol. The van der Waals surface area contributed by atoms with E-state index >= 15 is 0 Å². The van der Waals surface area contributed by atoms with Gasteiger partial charge in [0.25, 0.3) is 0 Å². The maximum absolute atomic E-state index is 10.9. The van der Waals surface area contributed by atoms with Crippen molar-refractivity contribution in [3.8, 4) is 0 Å². The number of ether oxygens (including phenoxy) is 1. The average molecular weight is 453 g/mol. The predicted octanol–water partition coefficient (Wildman–Crippen LogP) is 2.52. The van der Waals surface area contributed by atoms with Gasteiger partial charge in [-0.2, -0.15) is 0 Å². The molecule has 8 nitrogen and oxygen atoms in total. The van der Waals surface area contributed by atoms with Crippen LogP contribution in [0, 0.1) is 0 Å². The second-order valence-corrected chi connectivity index (χ2v) is 10.0. The van der Waals surface area contributed by atoms with Gasteiger partial charge in [-0.25, -0.2) is 9.97 Å². The van der Waals surface area contributed by atoms with Crippen LogP contribution in [0.4, 0.5) is 11.6 Å². The topological polar surface area (TPSA) is 85.8 Å². The number of hydrogen-bond donors (Lipinski definition) is 3. The van der Waals surface area contributed by atoms with Gasteiger partial charge in [0.2, 0.25) is 5.95 Å². The number of aliphatic hydroxyl groups is 1. The molecule has 0 bridgehead atoms. The number of aromatic nitrogens is 2. The Morgan fingerprint density at radius 3 is 2.36 bits per heavy atom. The molecule has 0 radical (unpaired) electrons. The van der Waals surface area contributed by atoms with Crippen molar-refractivity contribution in [3.05, 3.63) is 48.3 Å². The van der Waals surface area contributed by atoms with Crippen LogP contribution in [0.5, 0.6) is 0 Å². The lowest BCUT2D eigenvalue weighted by atomic mass is 9.69. The highest BCUT2D eigenvalue weighted by Crippen LogP contribution is 2.46. The van der Waals surface area contributed by atoms with Crippen LogP contribution in [0.3, 0.4) is 0 Å². The molecular weight excluding hydrogens is 416 g/mol. The fraction of sp³-hybridized carbons (Fsp3) is 0.600.